The molecular formula is C14H11BrN4O. The highest BCUT2D eigenvalue weighted by Gasteiger charge is 2.29. The molecule has 2 aliphatic rings. The van der Waals surface area contributed by atoms with Crippen LogP contribution in [0.3, 0.4) is 0 Å². The van der Waals surface area contributed by atoms with Gasteiger partial charge in [0, 0.05) is 34.8 Å². The van der Waals surface area contributed by atoms with Gasteiger partial charge < -0.3 is 10.3 Å². The van der Waals surface area contributed by atoms with Gasteiger partial charge in [0.1, 0.15) is 12.4 Å². The van der Waals surface area contributed by atoms with Crippen LogP contribution in [-0.2, 0) is 0 Å². The van der Waals surface area contributed by atoms with Crippen molar-refractivity contribution in [2.75, 3.05) is 13.2 Å². The van der Waals surface area contributed by atoms with Gasteiger partial charge in [0.25, 0.3) is 5.91 Å². The number of fused-ring (bicyclic) bond motifs is 4. The van der Waals surface area contributed by atoms with E-state index < -0.39 is 0 Å². The maximum atomic E-state index is 12.3. The van der Waals surface area contributed by atoms with Crippen molar-refractivity contribution < 1.29 is 4.79 Å². The van der Waals surface area contributed by atoms with Crippen LogP contribution in [0.2, 0.25) is 0 Å². The number of rotatable bonds is 0. The predicted molar refractivity (Wildman–Crippen MR) is 81.7 cm³/mol. The van der Waals surface area contributed by atoms with Crippen molar-refractivity contribution in [3.8, 4) is 0 Å². The number of amides is 1. The minimum Gasteiger partial charge on any atom is -0.350 e. The predicted octanol–water partition coefficient (Wildman–Crippen LogP) is 2.28. The van der Waals surface area contributed by atoms with Crippen LogP contribution < -0.4 is 5.32 Å². The molecule has 0 fully saturated rings. The number of nitrogens with zero attached hydrogens (tertiary/aromatic N) is 2. The fourth-order valence-corrected chi connectivity index (χ4v) is 3.28. The van der Waals surface area contributed by atoms with Crippen LogP contribution in [0.4, 0.5) is 0 Å². The Morgan fingerprint density at radius 2 is 2.15 bits per heavy atom. The third-order valence-electron chi connectivity index (χ3n) is 3.61. The molecule has 0 bridgehead atoms. The number of aromatic nitrogens is 1. The standard InChI is InChI=1S/C14H11BrN4O/c15-19-7-16-5-8-6-17-14(20)12-11(13(8)19)9-3-1-2-4-10(9)18-12/h1-5,18H,6-7H2,(H,17,20). The smallest absolute Gasteiger partial charge is 0.268 e. The lowest BCUT2D eigenvalue weighted by Crippen LogP contribution is -2.25. The zero-order valence-electron chi connectivity index (χ0n) is 10.5. The Balaban J connectivity index is 2.11. The highest BCUT2D eigenvalue weighted by atomic mass is 79.9. The number of hydrogen-bond acceptors (Lipinski definition) is 3. The van der Waals surface area contributed by atoms with Crippen LogP contribution in [0.25, 0.3) is 16.6 Å². The van der Waals surface area contributed by atoms with Gasteiger partial charge in [-0.05, 0) is 6.07 Å². The Morgan fingerprint density at radius 3 is 3.05 bits per heavy atom. The summed E-state index contributed by atoms with van der Waals surface area (Å²) < 4.78 is 1.90. The molecule has 20 heavy (non-hydrogen) atoms. The van der Waals surface area contributed by atoms with Gasteiger partial charge in [-0.3, -0.25) is 13.7 Å². The van der Waals surface area contributed by atoms with Gasteiger partial charge in [-0.25, -0.2) is 0 Å². The highest BCUT2D eigenvalue weighted by Crippen LogP contribution is 2.36. The van der Waals surface area contributed by atoms with Crippen molar-refractivity contribution in [2.45, 2.75) is 0 Å². The van der Waals surface area contributed by atoms with Crippen LogP contribution in [0.1, 0.15) is 16.1 Å². The summed E-state index contributed by atoms with van der Waals surface area (Å²) in [4.78, 5) is 19.8. The lowest BCUT2D eigenvalue weighted by molar-refractivity contribution is 0.0954. The van der Waals surface area contributed by atoms with E-state index in [4.69, 9.17) is 0 Å². The molecule has 0 saturated heterocycles. The molecular weight excluding hydrogens is 320 g/mol. The summed E-state index contributed by atoms with van der Waals surface area (Å²) in [5.41, 5.74) is 4.52. The lowest BCUT2D eigenvalue weighted by Gasteiger charge is -2.23. The summed E-state index contributed by atoms with van der Waals surface area (Å²) in [5.74, 6) is -0.0834. The van der Waals surface area contributed by atoms with E-state index in [1.807, 2.05) is 34.4 Å². The van der Waals surface area contributed by atoms with Gasteiger partial charge in [-0.2, -0.15) is 0 Å². The average molecular weight is 331 g/mol. The summed E-state index contributed by atoms with van der Waals surface area (Å²) in [6, 6.07) is 7.95. The number of para-hydroxylation sites is 1. The molecule has 2 N–H and O–H groups in total. The Kier molecular flexibility index (Phi) is 2.47. The molecule has 1 amide bonds. The molecule has 4 rings (SSSR count). The third-order valence-corrected chi connectivity index (χ3v) is 4.19. The summed E-state index contributed by atoms with van der Waals surface area (Å²) in [5, 5.41) is 3.96. The van der Waals surface area contributed by atoms with Crippen LogP contribution >= 0.6 is 16.1 Å². The molecule has 5 nitrogen and oxygen atoms in total. The number of aliphatic imine (C=N–C) groups is 1. The Bertz CT molecular complexity index is 790. The maximum absolute atomic E-state index is 12.3. The molecule has 0 unspecified atom stereocenters. The second kappa shape index (κ2) is 4.21. The molecule has 2 aromatic rings. The molecule has 2 aliphatic heterocycles. The number of aromatic amines is 1. The lowest BCUT2D eigenvalue weighted by atomic mass is 10.0. The van der Waals surface area contributed by atoms with Gasteiger partial charge in [0.2, 0.25) is 0 Å². The fraction of sp³-hybridized carbons (Fsp3) is 0.143. The van der Waals surface area contributed by atoms with E-state index in [0.29, 0.717) is 18.9 Å². The van der Waals surface area contributed by atoms with Crippen molar-refractivity contribution >= 4 is 44.9 Å². The molecule has 0 aliphatic carbocycles. The van der Waals surface area contributed by atoms with Crippen LogP contribution in [0, 0.1) is 0 Å². The maximum Gasteiger partial charge on any atom is 0.268 e. The number of nitrogens with one attached hydrogen (secondary N) is 2. The van der Waals surface area contributed by atoms with Gasteiger partial charge in [0.05, 0.1) is 21.8 Å². The zero-order chi connectivity index (χ0) is 13.7. The van der Waals surface area contributed by atoms with Crippen LogP contribution in [-0.4, -0.2) is 34.2 Å². The van der Waals surface area contributed by atoms with E-state index in [9.17, 15) is 4.79 Å². The van der Waals surface area contributed by atoms with Gasteiger partial charge in [0.15, 0.2) is 0 Å². The van der Waals surface area contributed by atoms with E-state index in [0.717, 1.165) is 27.7 Å². The quantitative estimate of drug-likeness (QED) is 0.728. The number of carbonyl (C=O) groups excluding carboxylic acids is 1. The van der Waals surface area contributed by atoms with E-state index in [1.54, 1.807) is 0 Å². The van der Waals surface area contributed by atoms with Crippen molar-refractivity contribution in [2.24, 2.45) is 4.99 Å². The normalized spacial score (nSPS) is 17.9. The largest absolute Gasteiger partial charge is 0.350 e. The Morgan fingerprint density at radius 1 is 1.30 bits per heavy atom. The third kappa shape index (κ3) is 1.54. The summed E-state index contributed by atoms with van der Waals surface area (Å²) in [6.45, 7) is 1.02. The fourth-order valence-electron chi connectivity index (χ4n) is 2.74. The Hall–Kier alpha value is -2.08. The molecule has 3 heterocycles. The SMILES string of the molecule is O=C1NCC2=C(c3c1[nH]c1ccccc31)N(Br)CN=C2. The molecule has 6 heteroatoms. The Labute approximate surface area is 123 Å². The molecule has 0 spiro atoms. The van der Waals surface area contributed by atoms with Crippen LogP contribution in [0.5, 0.6) is 0 Å². The van der Waals surface area contributed by atoms with Crippen molar-refractivity contribution in [1.82, 2.24) is 14.2 Å². The van der Waals surface area contributed by atoms with E-state index in [-0.39, 0.29) is 5.91 Å². The van der Waals surface area contributed by atoms with Crippen molar-refractivity contribution in [1.29, 1.82) is 0 Å². The monoisotopic (exact) mass is 330 g/mol. The summed E-state index contributed by atoms with van der Waals surface area (Å²) in [6.07, 6.45) is 1.84. The molecule has 0 atom stereocenters. The average Bonchev–Trinajstić information content (AvgIpc) is 2.77. The number of benzene rings is 1. The van der Waals surface area contributed by atoms with E-state index in [2.05, 4.69) is 31.4 Å². The first-order chi connectivity index (χ1) is 9.75. The van der Waals surface area contributed by atoms with Crippen molar-refractivity contribution in [3.63, 3.8) is 0 Å². The minimum atomic E-state index is -0.0834. The second-order valence-electron chi connectivity index (χ2n) is 4.79. The van der Waals surface area contributed by atoms with Gasteiger partial charge in [-0.15, -0.1) is 0 Å². The molecule has 1 aromatic heterocycles. The van der Waals surface area contributed by atoms with E-state index >= 15 is 0 Å². The number of carbonyl (C=O) groups is 1. The van der Waals surface area contributed by atoms with Gasteiger partial charge >= 0.3 is 0 Å². The van der Waals surface area contributed by atoms with Crippen LogP contribution in [0.15, 0.2) is 34.8 Å². The zero-order valence-corrected chi connectivity index (χ0v) is 12.1. The number of halogens is 1. The number of H-pyrrole nitrogens is 1. The molecule has 100 valence electrons. The first-order valence-electron chi connectivity index (χ1n) is 6.31. The minimum absolute atomic E-state index is 0.0834. The second-order valence-corrected chi connectivity index (χ2v) is 5.65. The molecule has 1 aromatic carbocycles. The number of hydrogen-bond donors (Lipinski definition) is 2. The topological polar surface area (TPSA) is 60.5 Å². The molecule has 0 saturated carbocycles. The van der Waals surface area contributed by atoms with E-state index in [1.165, 1.54) is 0 Å². The van der Waals surface area contributed by atoms with Gasteiger partial charge in [-0.1, -0.05) is 18.2 Å². The highest BCUT2D eigenvalue weighted by molar-refractivity contribution is 9.07. The van der Waals surface area contributed by atoms with Crippen molar-refractivity contribution in [3.05, 3.63) is 41.1 Å². The first kappa shape index (κ1) is 11.7. The first-order valence-corrected chi connectivity index (χ1v) is 7.02. The molecule has 0 radical (unpaired) electrons. The summed E-state index contributed by atoms with van der Waals surface area (Å²) >= 11 is 3.53. The summed E-state index contributed by atoms with van der Waals surface area (Å²) in [7, 11) is 0.